The molecule has 1 aliphatic rings. The van der Waals surface area contributed by atoms with Gasteiger partial charge in [0.15, 0.2) is 0 Å². The van der Waals surface area contributed by atoms with Gasteiger partial charge in [0.2, 0.25) is 0 Å². The van der Waals surface area contributed by atoms with Crippen LogP contribution in [0.25, 0.3) is 0 Å². The summed E-state index contributed by atoms with van der Waals surface area (Å²) < 4.78 is 37.0. The van der Waals surface area contributed by atoms with Crippen LogP contribution >= 0.6 is 11.8 Å². The van der Waals surface area contributed by atoms with Gasteiger partial charge in [-0.3, -0.25) is 0 Å². The summed E-state index contributed by atoms with van der Waals surface area (Å²) in [5.41, 5.74) is 0.00215. The Morgan fingerprint density at radius 2 is 2.07 bits per heavy atom. The summed E-state index contributed by atoms with van der Waals surface area (Å²) in [6, 6.07) is 3.81. The van der Waals surface area contributed by atoms with Crippen LogP contribution in [0.1, 0.15) is 5.56 Å². The lowest BCUT2D eigenvalue weighted by atomic mass is 10.2. The molecule has 0 radical (unpaired) electrons. The molecule has 0 aromatic heterocycles. The minimum Gasteiger partial charge on any atom is -0.383 e. The van der Waals surface area contributed by atoms with Crippen molar-refractivity contribution in [3.05, 3.63) is 23.8 Å². The van der Waals surface area contributed by atoms with Crippen LogP contribution in [0.15, 0.2) is 23.1 Å². The predicted molar refractivity (Wildman–Crippen MR) is 50.7 cm³/mol. The number of hydrogen-bond donors (Lipinski definition) is 1. The van der Waals surface area contributed by atoms with Crippen molar-refractivity contribution in [3.63, 3.8) is 0 Å². The average Bonchev–Trinajstić information content (AvgIpc) is 2.16. The molecule has 0 aliphatic carbocycles. The van der Waals surface area contributed by atoms with Gasteiger partial charge >= 0.3 is 6.18 Å². The fraction of sp³-hybridized carbons (Fsp3) is 0.333. The summed E-state index contributed by atoms with van der Waals surface area (Å²) in [4.78, 5) is 0.893. The van der Waals surface area contributed by atoms with Crippen molar-refractivity contribution in [2.75, 3.05) is 17.6 Å². The smallest absolute Gasteiger partial charge is 0.383 e. The molecule has 0 atom stereocenters. The van der Waals surface area contributed by atoms with E-state index >= 15 is 0 Å². The highest BCUT2D eigenvalue weighted by atomic mass is 32.2. The van der Waals surface area contributed by atoms with Crippen molar-refractivity contribution in [2.45, 2.75) is 11.1 Å². The minimum atomic E-state index is -4.25. The number of fused-ring (bicyclic) bond motifs is 1. The molecular formula is C9H8F3NS. The Balaban J connectivity index is 2.39. The first-order valence-electron chi connectivity index (χ1n) is 4.15. The highest BCUT2D eigenvalue weighted by Crippen LogP contribution is 2.36. The van der Waals surface area contributed by atoms with E-state index in [0.29, 0.717) is 5.69 Å². The van der Waals surface area contributed by atoms with Gasteiger partial charge in [0.25, 0.3) is 0 Å². The minimum absolute atomic E-state index is 0.591. The number of alkyl halides is 3. The number of benzene rings is 1. The molecule has 0 amide bonds. The molecule has 1 aliphatic heterocycles. The zero-order chi connectivity index (χ0) is 10.2. The number of nitrogens with one attached hydrogen (secondary N) is 1. The van der Waals surface area contributed by atoms with Crippen LogP contribution in [-0.4, -0.2) is 12.3 Å². The van der Waals surface area contributed by atoms with Crippen molar-refractivity contribution in [1.29, 1.82) is 0 Å². The summed E-state index contributed by atoms with van der Waals surface area (Å²) in [5, 5.41) is 2.95. The molecule has 0 fully saturated rings. The zero-order valence-electron chi connectivity index (χ0n) is 7.19. The van der Waals surface area contributed by atoms with E-state index < -0.39 is 11.7 Å². The van der Waals surface area contributed by atoms with Crippen LogP contribution in [0.3, 0.4) is 0 Å². The van der Waals surface area contributed by atoms with Gasteiger partial charge in [-0.2, -0.15) is 13.2 Å². The number of hydrogen-bond acceptors (Lipinski definition) is 2. The molecule has 0 unspecified atom stereocenters. The maximum absolute atomic E-state index is 12.3. The van der Waals surface area contributed by atoms with Crippen molar-refractivity contribution in [2.24, 2.45) is 0 Å². The average molecular weight is 219 g/mol. The maximum atomic E-state index is 12.3. The van der Waals surface area contributed by atoms with Crippen molar-refractivity contribution in [3.8, 4) is 0 Å². The third-order valence-electron chi connectivity index (χ3n) is 1.98. The lowest BCUT2D eigenvalue weighted by molar-refractivity contribution is -0.137. The van der Waals surface area contributed by atoms with Crippen LogP contribution in [0, 0.1) is 0 Å². The molecule has 76 valence electrons. The van der Waals surface area contributed by atoms with E-state index in [0.717, 1.165) is 23.3 Å². The number of anilines is 1. The molecular weight excluding hydrogens is 211 g/mol. The van der Waals surface area contributed by atoms with Gasteiger partial charge in [-0.1, -0.05) is 0 Å². The summed E-state index contributed by atoms with van der Waals surface area (Å²) in [7, 11) is 0. The molecule has 0 saturated heterocycles. The van der Waals surface area contributed by atoms with Gasteiger partial charge < -0.3 is 5.32 Å². The number of thioether (sulfide) groups is 1. The largest absolute Gasteiger partial charge is 0.416 e. The maximum Gasteiger partial charge on any atom is 0.416 e. The fourth-order valence-electron chi connectivity index (χ4n) is 1.32. The van der Waals surface area contributed by atoms with Crippen LogP contribution in [0.5, 0.6) is 0 Å². The first kappa shape index (κ1) is 9.71. The zero-order valence-corrected chi connectivity index (χ0v) is 8.00. The van der Waals surface area contributed by atoms with E-state index in [-0.39, 0.29) is 0 Å². The van der Waals surface area contributed by atoms with Crippen LogP contribution in [0.4, 0.5) is 18.9 Å². The van der Waals surface area contributed by atoms with E-state index in [4.69, 9.17) is 0 Å². The highest BCUT2D eigenvalue weighted by molar-refractivity contribution is 7.99. The SMILES string of the molecule is FC(F)(F)c1ccc2c(c1)NCCS2. The lowest BCUT2D eigenvalue weighted by Crippen LogP contribution is -2.12. The van der Waals surface area contributed by atoms with Gasteiger partial charge in [-0.25, -0.2) is 0 Å². The Hall–Kier alpha value is -0.840. The first-order chi connectivity index (χ1) is 6.57. The summed E-state index contributed by atoms with van der Waals surface area (Å²) in [6.07, 6.45) is -4.25. The lowest BCUT2D eigenvalue weighted by Gasteiger charge is -2.18. The van der Waals surface area contributed by atoms with Gasteiger partial charge in [-0.15, -0.1) is 11.8 Å². The van der Waals surface area contributed by atoms with Crippen molar-refractivity contribution >= 4 is 17.4 Å². The third-order valence-corrected chi connectivity index (χ3v) is 3.06. The molecule has 1 aromatic carbocycles. The molecule has 2 rings (SSSR count). The summed E-state index contributed by atoms with van der Waals surface area (Å²) in [5.74, 6) is 0.901. The quantitative estimate of drug-likeness (QED) is 0.719. The monoisotopic (exact) mass is 219 g/mol. The molecule has 0 bridgehead atoms. The molecule has 0 spiro atoms. The Bertz CT molecular complexity index is 348. The van der Waals surface area contributed by atoms with E-state index in [9.17, 15) is 13.2 Å². The molecule has 0 saturated carbocycles. The van der Waals surface area contributed by atoms with Crippen molar-refractivity contribution < 1.29 is 13.2 Å². The van der Waals surface area contributed by atoms with E-state index in [1.165, 1.54) is 12.1 Å². The predicted octanol–water partition coefficient (Wildman–Crippen LogP) is 3.22. The Labute approximate surface area is 83.7 Å². The molecule has 14 heavy (non-hydrogen) atoms. The van der Waals surface area contributed by atoms with E-state index in [1.807, 2.05) is 0 Å². The normalized spacial score (nSPS) is 15.9. The van der Waals surface area contributed by atoms with Crippen molar-refractivity contribution in [1.82, 2.24) is 0 Å². The fourth-order valence-corrected chi connectivity index (χ4v) is 2.19. The van der Waals surface area contributed by atoms with E-state index in [2.05, 4.69) is 5.32 Å². The van der Waals surface area contributed by atoms with Crippen LogP contribution in [0.2, 0.25) is 0 Å². The molecule has 1 aromatic rings. The first-order valence-corrected chi connectivity index (χ1v) is 5.14. The molecule has 1 N–H and O–H groups in total. The van der Waals surface area contributed by atoms with E-state index in [1.54, 1.807) is 11.8 Å². The van der Waals surface area contributed by atoms with Gasteiger partial charge in [0.05, 0.1) is 5.56 Å². The van der Waals surface area contributed by atoms with Crippen LogP contribution < -0.4 is 5.32 Å². The topological polar surface area (TPSA) is 12.0 Å². The summed E-state index contributed by atoms with van der Waals surface area (Å²) in [6.45, 7) is 0.721. The standard InChI is InChI=1S/C9H8F3NS/c10-9(11,12)6-1-2-8-7(5-6)13-3-4-14-8/h1-2,5,13H,3-4H2. The Morgan fingerprint density at radius 3 is 2.79 bits per heavy atom. The van der Waals surface area contributed by atoms with Crippen LogP contribution in [-0.2, 0) is 6.18 Å². The van der Waals surface area contributed by atoms with Gasteiger partial charge in [-0.05, 0) is 18.2 Å². The summed E-state index contributed by atoms with van der Waals surface area (Å²) >= 11 is 1.58. The second-order valence-electron chi connectivity index (χ2n) is 2.98. The Kier molecular flexibility index (Phi) is 2.34. The van der Waals surface area contributed by atoms with Gasteiger partial charge in [0.1, 0.15) is 0 Å². The number of halogens is 3. The highest BCUT2D eigenvalue weighted by Gasteiger charge is 2.31. The van der Waals surface area contributed by atoms with Gasteiger partial charge in [0, 0.05) is 22.9 Å². The third kappa shape index (κ3) is 1.82. The molecule has 5 heteroatoms. The number of rotatable bonds is 0. The molecule has 1 nitrogen and oxygen atoms in total. The second kappa shape index (κ2) is 3.38. The second-order valence-corrected chi connectivity index (χ2v) is 4.12. The Morgan fingerprint density at radius 1 is 1.29 bits per heavy atom. The molecule has 1 heterocycles.